The van der Waals surface area contributed by atoms with Gasteiger partial charge in [-0.25, -0.2) is 9.97 Å². The minimum atomic E-state index is -4.49. The van der Waals surface area contributed by atoms with Gasteiger partial charge < -0.3 is 10.2 Å². The van der Waals surface area contributed by atoms with Gasteiger partial charge in [-0.3, -0.25) is 4.79 Å². The molecule has 0 radical (unpaired) electrons. The van der Waals surface area contributed by atoms with Crippen LogP contribution in [0.5, 0.6) is 0 Å². The summed E-state index contributed by atoms with van der Waals surface area (Å²) in [6, 6.07) is 31.8. The molecule has 0 saturated carbocycles. The summed E-state index contributed by atoms with van der Waals surface area (Å²) in [7, 11) is 0. The Bertz CT molecular complexity index is 1570. The average Bonchev–Trinajstić information content (AvgIpc) is 2.95. The van der Waals surface area contributed by atoms with Gasteiger partial charge in [-0.15, -0.1) is 0 Å². The molecular formula is C31H25F3N4O. The molecule has 5 rings (SSSR count). The Hall–Kier alpha value is -4.72. The first-order chi connectivity index (χ1) is 18.9. The van der Waals surface area contributed by atoms with Crippen LogP contribution in [0.3, 0.4) is 0 Å². The van der Waals surface area contributed by atoms with E-state index in [0.717, 1.165) is 34.2 Å². The van der Waals surface area contributed by atoms with Gasteiger partial charge in [0.05, 0.1) is 11.1 Å². The zero-order valence-corrected chi connectivity index (χ0v) is 20.9. The molecule has 0 atom stereocenters. The number of halogens is 3. The van der Waals surface area contributed by atoms with Crippen LogP contribution in [0, 0.1) is 0 Å². The minimum Gasteiger partial charge on any atom is -0.351 e. The number of para-hydroxylation sites is 1. The fourth-order valence-electron chi connectivity index (χ4n) is 4.31. The van der Waals surface area contributed by atoms with Gasteiger partial charge in [0.25, 0.3) is 0 Å². The summed E-state index contributed by atoms with van der Waals surface area (Å²) in [6.45, 7) is 0.766. The molecule has 1 heterocycles. The van der Waals surface area contributed by atoms with Gasteiger partial charge in [0, 0.05) is 36.1 Å². The molecule has 1 aromatic heterocycles. The van der Waals surface area contributed by atoms with Crippen LogP contribution in [0.25, 0.3) is 22.3 Å². The quantitative estimate of drug-likeness (QED) is 0.230. The van der Waals surface area contributed by atoms with Crippen molar-refractivity contribution in [1.29, 1.82) is 0 Å². The number of benzene rings is 4. The van der Waals surface area contributed by atoms with Crippen molar-refractivity contribution in [2.24, 2.45) is 0 Å². The molecular weight excluding hydrogens is 501 g/mol. The van der Waals surface area contributed by atoms with E-state index in [9.17, 15) is 18.0 Å². The van der Waals surface area contributed by atoms with Crippen molar-refractivity contribution in [2.45, 2.75) is 19.1 Å². The number of amides is 1. The normalized spacial score (nSPS) is 11.4. The number of carbonyl (C=O) groups is 1. The van der Waals surface area contributed by atoms with Crippen molar-refractivity contribution in [2.75, 3.05) is 16.8 Å². The van der Waals surface area contributed by atoms with Gasteiger partial charge in [-0.1, -0.05) is 78.9 Å². The molecule has 196 valence electrons. The lowest BCUT2D eigenvalue weighted by Crippen LogP contribution is -2.28. The maximum atomic E-state index is 13.1. The first-order valence-electron chi connectivity index (χ1n) is 12.4. The monoisotopic (exact) mass is 526 g/mol. The summed E-state index contributed by atoms with van der Waals surface area (Å²) in [6.07, 6.45) is -4.44. The zero-order valence-electron chi connectivity index (χ0n) is 20.9. The Labute approximate surface area is 224 Å². The van der Waals surface area contributed by atoms with Crippen LogP contribution in [0.4, 0.5) is 24.7 Å². The van der Waals surface area contributed by atoms with E-state index in [0.29, 0.717) is 18.2 Å². The second kappa shape index (κ2) is 11.3. The summed E-state index contributed by atoms with van der Waals surface area (Å²) < 4.78 is 39.3. The summed E-state index contributed by atoms with van der Waals surface area (Å²) in [5, 5.41) is 3.44. The van der Waals surface area contributed by atoms with E-state index in [1.807, 2.05) is 89.8 Å². The van der Waals surface area contributed by atoms with Crippen molar-refractivity contribution >= 4 is 28.3 Å². The average molecular weight is 527 g/mol. The Morgan fingerprint density at radius 2 is 1.49 bits per heavy atom. The first-order valence-corrected chi connectivity index (χ1v) is 12.4. The number of fused-ring (bicyclic) bond motifs is 1. The Kier molecular flexibility index (Phi) is 7.54. The number of anilines is 2. The van der Waals surface area contributed by atoms with Crippen molar-refractivity contribution < 1.29 is 18.0 Å². The summed E-state index contributed by atoms with van der Waals surface area (Å²) in [5.74, 6) is 0.847. The summed E-state index contributed by atoms with van der Waals surface area (Å²) in [4.78, 5) is 24.6. The van der Waals surface area contributed by atoms with E-state index in [4.69, 9.17) is 9.97 Å². The van der Waals surface area contributed by atoms with E-state index >= 15 is 0 Å². The SMILES string of the molecule is O=C(CCN(Cc1ccccc1)c1nc(-c2ccccc2)nc2ccccc12)Nc1cccc(C(F)(F)F)c1. The standard InChI is InChI=1S/C31H25F3N4O/c32-31(33,34)24-14-9-15-25(20-24)35-28(39)18-19-38(21-22-10-3-1-4-11-22)30-26-16-7-8-17-27(26)36-29(37-30)23-12-5-2-6-13-23/h1-17,20H,18-19,21H2,(H,35,39). The van der Waals surface area contributed by atoms with Gasteiger partial charge in [0.1, 0.15) is 5.82 Å². The van der Waals surface area contributed by atoms with Crippen molar-refractivity contribution in [1.82, 2.24) is 9.97 Å². The van der Waals surface area contributed by atoms with Crippen molar-refractivity contribution in [3.63, 3.8) is 0 Å². The van der Waals surface area contributed by atoms with Crippen LogP contribution >= 0.6 is 0 Å². The molecule has 0 aliphatic rings. The van der Waals surface area contributed by atoms with Crippen LogP contribution in [-0.2, 0) is 17.5 Å². The highest BCUT2D eigenvalue weighted by atomic mass is 19.4. The predicted octanol–water partition coefficient (Wildman–Crippen LogP) is 7.35. The van der Waals surface area contributed by atoms with Gasteiger partial charge >= 0.3 is 6.18 Å². The van der Waals surface area contributed by atoms with E-state index in [1.165, 1.54) is 12.1 Å². The molecule has 8 heteroatoms. The van der Waals surface area contributed by atoms with Gasteiger partial charge in [0.2, 0.25) is 5.91 Å². The second-order valence-corrected chi connectivity index (χ2v) is 9.04. The first kappa shape index (κ1) is 25.9. The lowest BCUT2D eigenvalue weighted by molar-refractivity contribution is -0.137. The highest BCUT2D eigenvalue weighted by Crippen LogP contribution is 2.31. The third-order valence-electron chi connectivity index (χ3n) is 6.21. The van der Waals surface area contributed by atoms with E-state index in [2.05, 4.69) is 5.32 Å². The molecule has 0 aliphatic heterocycles. The Balaban J connectivity index is 1.45. The van der Waals surface area contributed by atoms with Gasteiger partial charge in [0.15, 0.2) is 5.82 Å². The molecule has 1 amide bonds. The number of alkyl halides is 3. The fraction of sp³-hybridized carbons (Fsp3) is 0.129. The highest BCUT2D eigenvalue weighted by molar-refractivity contribution is 5.93. The van der Waals surface area contributed by atoms with Crippen LogP contribution in [0.15, 0.2) is 109 Å². The number of carbonyl (C=O) groups excluding carboxylic acids is 1. The molecule has 5 nitrogen and oxygen atoms in total. The maximum Gasteiger partial charge on any atom is 0.416 e. The number of rotatable bonds is 8. The van der Waals surface area contributed by atoms with Crippen LogP contribution in [-0.4, -0.2) is 22.4 Å². The Morgan fingerprint density at radius 1 is 0.795 bits per heavy atom. The minimum absolute atomic E-state index is 0.0437. The third kappa shape index (κ3) is 6.41. The number of hydrogen-bond donors (Lipinski definition) is 1. The van der Waals surface area contributed by atoms with E-state index < -0.39 is 17.6 Å². The number of aromatic nitrogens is 2. The van der Waals surface area contributed by atoms with Crippen molar-refractivity contribution in [3.05, 3.63) is 120 Å². The van der Waals surface area contributed by atoms with E-state index in [1.54, 1.807) is 0 Å². The molecule has 0 aliphatic carbocycles. The number of nitrogens with one attached hydrogen (secondary N) is 1. The van der Waals surface area contributed by atoms with Crippen molar-refractivity contribution in [3.8, 4) is 11.4 Å². The van der Waals surface area contributed by atoms with Gasteiger partial charge in [-0.2, -0.15) is 13.2 Å². The molecule has 0 bridgehead atoms. The fourth-order valence-corrected chi connectivity index (χ4v) is 4.31. The molecule has 0 spiro atoms. The zero-order chi connectivity index (χ0) is 27.2. The highest BCUT2D eigenvalue weighted by Gasteiger charge is 2.30. The lowest BCUT2D eigenvalue weighted by Gasteiger charge is -2.25. The van der Waals surface area contributed by atoms with Crippen LogP contribution in [0.1, 0.15) is 17.5 Å². The smallest absolute Gasteiger partial charge is 0.351 e. The van der Waals surface area contributed by atoms with E-state index in [-0.39, 0.29) is 18.7 Å². The topological polar surface area (TPSA) is 58.1 Å². The van der Waals surface area contributed by atoms with Crippen LogP contribution < -0.4 is 10.2 Å². The van der Waals surface area contributed by atoms with Crippen LogP contribution in [0.2, 0.25) is 0 Å². The third-order valence-corrected chi connectivity index (χ3v) is 6.21. The molecule has 0 unspecified atom stereocenters. The Morgan fingerprint density at radius 3 is 2.23 bits per heavy atom. The lowest BCUT2D eigenvalue weighted by atomic mass is 10.1. The van der Waals surface area contributed by atoms with Gasteiger partial charge in [-0.05, 0) is 35.9 Å². The maximum absolute atomic E-state index is 13.1. The largest absolute Gasteiger partial charge is 0.416 e. The second-order valence-electron chi connectivity index (χ2n) is 9.04. The predicted molar refractivity (Wildman–Crippen MR) is 147 cm³/mol. The molecule has 1 N–H and O–H groups in total. The summed E-state index contributed by atoms with van der Waals surface area (Å²) in [5.41, 5.74) is 1.95. The summed E-state index contributed by atoms with van der Waals surface area (Å²) >= 11 is 0. The number of hydrogen-bond acceptors (Lipinski definition) is 4. The molecule has 4 aromatic carbocycles. The molecule has 0 saturated heterocycles. The number of nitrogens with zero attached hydrogens (tertiary/aromatic N) is 3. The molecule has 39 heavy (non-hydrogen) atoms. The molecule has 0 fully saturated rings. The molecule has 5 aromatic rings.